The Morgan fingerprint density at radius 2 is 1.50 bits per heavy atom. The Bertz CT molecular complexity index is 1680. The van der Waals surface area contributed by atoms with E-state index in [1.807, 2.05) is 24.0 Å². The first kappa shape index (κ1) is 25.0. The number of likely N-dealkylation sites (tertiary alicyclic amines) is 1. The van der Waals surface area contributed by atoms with Crippen molar-refractivity contribution in [1.82, 2.24) is 14.9 Å². The fraction of sp³-hybridized carbons (Fsp3) is 0.273. The van der Waals surface area contributed by atoms with Gasteiger partial charge in [0.2, 0.25) is 11.8 Å². The number of H-pyrrole nitrogens is 2. The Kier molecular flexibility index (Phi) is 5.97. The Labute approximate surface area is 237 Å². The Balaban J connectivity index is 1.18. The zero-order chi connectivity index (χ0) is 27.4. The standard InChI is InChI=1S/C33H31ClN4O2/c1-21-16-23(34)10-11-30(21)38-20-22(17-31(38)39)32(40)37-14-12-33(13-15-37,26-18-35-28-8-4-2-6-24(26)28)27-19-36-29-9-5-3-7-25(27)29/h2-11,16,18-19,22,35-36H,12-15,17,20H2,1H3/t22-/m0/s1. The molecule has 3 aromatic carbocycles. The van der Waals surface area contributed by atoms with Gasteiger partial charge >= 0.3 is 0 Å². The van der Waals surface area contributed by atoms with E-state index in [0.717, 1.165) is 35.1 Å². The van der Waals surface area contributed by atoms with Crippen LogP contribution in [0.3, 0.4) is 0 Å². The molecule has 0 radical (unpaired) electrons. The number of para-hydroxylation sites is 2. The van der Waals surface area contributed by atoms with E-state index < -0.39 is 0 Å². The quantitative estimate of drug-likeness (QED) is 0.265. The summed E-state index contributed by atoms with van der Waals surface area (Å²) >= 11 is 6.13. The number of aromatic nitrogens is 2. The molecule has 4 heterocycles. The average Bonchev–Trinajstić information content (AvgIpc) is 3.70. The summed E-state index contributed by atoms with van der Waals surface area (Å²) in [5, 5.41) is 3.09. The minimum atomic E-state index is -0.337. The first-order valence-corrected chi connectivity index (χ1v) is 14.3. The van der Waals surface area contributed by atoms with Gasteiger partial charge in [-0.1, -0.05) is 48.0 Å². The first-order valence-electron chi connectivity index (χ1n) is 13.9. The highest BCUT2D eigenvalue weighted by Gasteiger charge is 2.44. The van der Waals surface area contributed by atoms with Gasteiger partial charge in [-0.3, -0.25) is 9.59 Å². The van der Waals surface area contributed by atoms with Gasteiger partial charge in [0, 0.05) is 76.4 Å². The van der Waals surface area contributed by atoms with Crippen LogP contribution in [-0.2, 0) is 15.0 Å². The number of hydrogen-bond donors (Lipinski definition) is 2. The van der Waals surface area contributed by atoms with Gasteiger partial charge in [-0.2, -0.15) is 0 Å². The van der Waals surface area contributed by atoms with E-state index in [2.05, 4.69) is 70.9 Å². The van der Waals surface area contributed by atoms with Gasteiger partial charge in [0.25, 0.3) is 0 Å². The van der Waals surface area contributed by atoms with Crippen LogP contribution in [0, 0.1) is 12.8 Å². The fourth-order valence-corrected chi connectivity index (χ4v) is 7.24. The van der Waals surface area contributed by atoms with E-state index in [9.17, 15) is 9.59 Å². The van der Waals surface area contributed by atoms with Gasteiger partial charge in [-0.05, 0) is 66.8 Å². The SMILES string of the molecule is Cc1cc(Cl)ccc1N1C[C@@H](C(=O)N2CCC(c3c[nH]c4ccccc34)(c3c[nH]c4ccccc34)CC2)CC1=O. The summed E-state index contributed by atoms with van der Waals surface area (Å²) in [6.45, 7) is 3.64. The van der Waals surface area contributed by atoms with Crippen molar-refractivity contribution in [1.29, 1.82) is 0 Å². The number of fused-ring (bicyclic) bond motifs is 2. The summed E-state index contributed by atoms with van der Waals surface area (Å²) in [7, 11) is 0. The van der Waals surface area contributed by atoms with E-state index >= 15 is 0 Å². The molecule has 7 rings (SSSR count). The van der Waals surface area contributed by atoms with Crippen LogP contribution in [0.25, 0.3) is 21.8 Å². The van der Waals surface area contributed by atoms with Crippen molar-refractivity contribution in [2.45, 2.75) is 31.6 Å². The molecular formula is C33H31ClN4O2. The third kappa shape index (κ3) is 3.93. The van der Waals surface area contributed by atoms with Crippen molar-refractivity contribution < 1.29 is 9.59 Å². The van der Waals surface area contributed by atoms with Gasteiger partial charge in [0.15, 0.2) is 0 Å². The van der Waals surface area contributed by atoms with Crippen molar-refractivity contribution in [3.8, 4) is 0 Å². The largest absolute Gasteiger partial charge is 0.361 e. The maximum absolute atomic E-state index is 13.8. The summed E-state index contributed by atoms with van der Waals surface area (Å²) in [6, 6.07) is 22.4. The normalized spacial score (nSPS) is 19.1. The maximum Gasteiger partial charge on any atom is 0.228 e. The average molecular weight is 551 g/mol. The molecule has 7 heteroatoms. The Morgan fingerprint density at radius 1 is 0.900 bits per heavy atom. The number of aryl methyl sites for hydroxylation is 1. The number of nitrogens with one attached hydrogen (secondary N) is 2. The number of amides is 2. The van der Waals surface area contributed by atoms with Crippen LogP contribution in [0.1, 0.15) is 36.0 Å². The van der Waals surface area contributed by atoms with Crippen molar-refractivity contribution >= 4 is 50.9 Å². The second-order valence-electron chi connectivity index (χ2n) is 11.2. The molecule has 0 spiro atoms. The van der Waals surface area contributed by atoms with Gasteiger partial charge in [0.05, 0.1) is 5.92 Å². The molecule has 6 nitrogen and oxygen atoms in total. The number of aromatic amines is 2. The molecular weight excluding hydrogens is 520 g/mol. The van der Waals surface area contributed by atoms with E-state index in [1.54, 1.807) is 11.0 Å². The lowest BCUT2D eigenvalue weighted by Gasteiger charge is -2.43. The summed E-state index contributed by atoms with van der Waals surface area (Å²) < 4.78 is 0. The molecule has 2 aliphatic heterocycles. The highest BCUT2D eigenvalue weighted by atomic mass is 35.5. The highest BCUT2D eigenvalue weighted by Crippen LogP contribution is 2.47. The number of piperidine rings is 1. The van der Waals surface area contributed by atoms with Crippen LogP contribution >= 0.6 is 11.6 Å². The molecule has 2 saturated heterocycles. The maximum atomic E-state index is 13.8. The molecule has 2 aliphatic rings. The molecule has 2 aromatic heterocycles. The number of halogens is 1. The molecule has 5 aromatic rings. The number of carbonyl (C=O) groups excluding carboxylic acids is 2. The topological polar surface area (TPSA) is 72.2 Å². The molecule has 202 valence electrons. The van der Waals surface area contributed by atoms with Gasteiger partial charge in [-0.15, -0.1) is 0 Å². The van der Waals surface area contributed by atoms with E-state index in [0.29, 0.717) is 24.7 Å². The van der Waals surface area contributed by atoms with Crippen LogP contribution in [-0.4, -0.2) is 46.3 Å². The predicted molar refractivity (Wildman–Crippen MR) is 160 cm³/mol. The van der Waals surface area contributed by atoms with Crippen LogP contribution in [0.5, 0.6) is 0 Å². The minimum absolute atomic E-state index is 0.00675. The van der Waals surface area contributed by atoms with Gasteiger partial charge < -0.3 is 19.8 Å². The number of anilines is 1. The number of hydrogen-bond acceptors (Lipinski definition) is 2. The van der Waals surface area contributed by atoms with E-state index in [-0.39, 0.29) is 29.6 Å². The van der Waals surface area contributed by atoms with Crippen molar-refractivity contribution in [2.75, 3.05) is 24.5 Å². The zero-order valence-corrected chi connectivity index (χ0v) is 23.2. The third-order valence-electron chi connectivity index (χ3n) is 9.06. The Morgan fingerprint density at radius 3 is 2.10 bits per heavy atom. The lowest BCUT2D eigenvalue weighted by atomic mass is 9.67. The fourth-order valence-electron chi connectivity index (χ4n) is 7.01. The summed E-state index contributed by atoms with van der Waals surface area (Å²) in [6.07, 6.45) is 6.18. The molecule has 2 N–H and O–H groups in total. The van der Waals surface area contributed by atoms with E-state index in [1.165, 1.54) is 21.9 Å². The molecule has 1 atom stereocenters. The number of benzene rings is 3. The molecule has 2 amide bonds. The predicted octanol–water partition coefficient (Wildman–Crippen LogP) is 6.57. The molecule has 40 heavy (non-hydrogen) atoms. The summed E-state index contributed by atoms with van der Waals surface area (Å²) in [4.78, 5) is 37.5. The molecule has 0 bridgehead atoms. The molecule has 0 unspecified atom stereocenters. The van der Waals surface area contributed by atoms with Crippen molar-refractivity contribution in [3.63, 3.8) is 0 Å². The summed E-state index contributed by atoms with van der Waals surface area (Å²) in [5.74, 6) is -0.266. The van der Waals surface area contributed by atoms with Crippen LogP contribution in [0.4, 0.5) is 5.69 Å². The minimum Gasteiger partial charge on any atom is -0.361 e. The van der Waals surface area contributed by atoms with Crippen molar-refractivity contribution in [3.05, 3.63) is 101 Å². The number of nitrogens with zero attached hydrogens (tertiary/aromatic N) is 2. The number of carbonyl (C=O) groups is 2. The smallest absolute Gasteiger partial charge is 0.228 e. The zero-order valence-electron chi connectivity index (χ0n) is 22.4. The molecule has 0 saturated carbocycles. The molecule has 0 aliphatic carbocycles. The van der Waals surface area contributed by atoms with Gasteiger partial charge in [-0.25, -0.2) is 0 Å². The number of rotatable bonds is 4. The Hall–Kier alpha value is -4.03. The van der Waals surface area contributed by atoms with Gasteiger partial charge in [0.1, 0.15) is 0 Å². The first-order chi connectivity index (χ1) is 19.4. The van der Waals surface area contributed by atoms with Crippen molar-refractivity contribution in [2.24, 2.45) is 5.92 Å². The lowest BCUT2D eigenvalue weighted by Crippen LogP contribution is -2.47. The van der Waals surface area contributed by atoms with Crippen LogP contribution < -0.4 is 4.90 Å². The monoisotopic (exact) mass is 550 g/mol. The van der Waals surface area contributed by atoms with Crippen LogP contribution in [0.15, 0.2) is 79.1 Å². The highest BCUT2D eigenvalue weighted by molar-refractivity contribution is 6.30. The second kappa shape index (κ2) is 9.56. The van der Waals surface area contributed by atoms with Crippen LogP contribution in [0.2, 0.25) is 5.02 Å². The molecule has 2 fully saturated rings. The third-order valence-corrected chi connectivity index (χ3v) is 9.30. The second-order valence-corrected chi connectivity index (χ2v) is 11.7. The lowest BCUT2D eigenvalue weighted by molar-refractivity contribution is -0.137. The summed E-state index contributed by atoms with van der Waals surface area (Å²) in [5.41, 5.74) is 6.33. The van der Waals surface area contributed by atoms with E-state index in [4.69, 9.17) is 11.6 Å².